The van der Waals surface area contributed by atoms with Crippen LogP contribution in [0.3, 0.4) is 0 Å². The number of hydrogen-bond donors (Lipinski definition) is 2. The number of thiophene rings is 3. The van der Waals surface area contributed by atoms with Crippen LogP contribution in [0.1, 0.15) is 126 Å². The first-order chi connectivity index (χ1) is 27.2. The van der Waals surface area contributed by atoms with Gasteiger partial charge in [0.15, 0.2) is 0 Å². The lowest BCUT2D eigenvalue weighted by Crippen LogP contribution is -1.92. The number of fused-ring (bicyclic) bond motifs is 3. The van der Waals surface area contributed by atoms with Crippen LogP contribution >= 0.6 is 41.6 Å². The third kappa shape index (κ3) is 9.87. The Bertz CT molecular complexity index is 2360. The molecule has 0 spiro atoms. The van der Waals surface area contributed by atoms with Gasteiger partial charge in [-0.1, -0.05) is 103 Å². The number of para-hydroxylation sites is 1. The number of aryl methyl sites for hydroxylation is 4. The molecule has 6 aromatic rings. The van der Waals surface area contributed by atoms with E-state index in [1.54, 1.807) is 17.4 Å². The van der Waals surface area contributed by atoms with Crippen LogP contribution in [0.4, 0.5) is 0 Å². The van der Waals surface area contributed by atoms with Gasteiger partial charge in [-0.3, -0.25) is 4.57 Å². The van der Waals surface area contributed by atoms with Crippen molar-refractivity contribution in [3.8, 4) is 36.0 Å². The zero-order chi connectivity index (χ0) is 39.7. The topological polar surface area (TPSA) is 86.2 Å². The summed E-state index contributed by atoms with van der Waals surface area (Å²) in [5, 5.41) is 11.8. The largest absolute Gasteiger partial charge is 0.366 e. The number of allylic oxidation sites excluding steroid dienone is 1. The molecule has 2 N–H and O–H groups in total. The first-order valence-electron chi connectivity index (χ1n) is 20.8. The number of unbranched alkanes of at least 4 members (excludes halogenated alkanes) is 9. The number of nitriles is 1. The van der Waals surface area contributed by atoms with Gasteiger partial charge in [0.2, 0.25) is 0 Å². The second-order valence-corrected chi connectivity index (χ2v) is 19.8. The van der Waals surface area contributed by atoms with Crippen molar-refractivity contribution in [3.05, 3.63) is 87.5 Å². The summed E-state index contributed by atoms with van der Waals surface area (Å²) < 4.78 is 14.7. The predicted molar refractivity (Wildman–Crippen MR) is 244 cm³/mol. The molecule has 0 aliphatic carbocycles. The van der Waals surface area contributed by atoms with E-state index in [4.69, 9.17) is 0 Å². The quantitative estimate of drug-likeness (QED) is 0.0430. The molecule has 0 bridgehead atoms. The summed E-state index contributed by atoms with van der Waals surface area (Å²) in [5.41, 5.74) is 7.68. The van der Waals surface area contributed by atoms with Crippen molar-refractivity contribution in [3.63, 3.8) is 0 Å². The highest BCUT2D eigenvalue weighted by Gasteiger charge is 2.24. The first kappa shape index (κ1) is 42.3. The van der Waals surface area contributed by atoms with Crippen LogP contribution < -0.4 is 0 Å². The van der Waals surface area contributed by atoms with Gasteiger partial charge in [0.05, 0.1) is 0 Å². The van der Waals surface area contributed by atoms with Gasteiger partial charge in [-0.05, 0) is 110 Å². The number of benzene rings is 2. The Labute approximate surface area is 345 Å². The molecule has 0 aliphatic heterocycles. The SMILES string of the molecule is CCCCCCc1cc(-c2sc(-c3sc(-c4ccc5c(c4)c4ccccc4n5CC)cc3CCCCCC)cc2CCCCCC)sc1/C=C(/C#N)P(=O)(O)O. The Hall–Kier alpha value is -3.28. The van der Waals surface area contributed by atoms with Crippen LogP contribution in [0.5, 0.6) is 0 Å². The second-order valence-electron chi connectivity index (χ2n) is 15.0. The summed E-state index contributed by atoms with van der Waals surface area (Å²) in [6.45, 7) is 9.87. The van der Waals surface area contributed by atoms with Crippen LogP contribution in [-0.2, 0) is 30.4 Å². The summed E-state index contributed by atoms with van der Waals surface area (Å²) >= 11 is 5.36. The standard InChI is InChI=1S/C47H57N2O3PS3/c1-5-9-12-15-20-33-28-44(54-43(33)31-37(32-48)53(50,51)52)46-36(22-17-14-11-7-3)30-45(56-46)47-35(21-16-13-10-6-2)29-42(55-47)34-25-26-41-39(27-34)38-23-18-19-24-40(38)49(41)8-4/h18-19,23-31H,5-17,20-22H2,1-4H3,(H2,50,51,52)/b37-31-. The van der Waals surface area contributed by atoms with Gasteiger partial charge in [0.25, 0.3) is 0 Å². The Morgan fingerprint density at radius 2 is 1.20 bits per heavy atom. The van der Waals surface area contributed by atoms with Gasteiger partial charge in [-0.25, -0.2) is 0 Å². The Balaban J connectivity index is 1.45. The van der Waals surface area contributed by atoms with E-state index >= 15 is 0 Å². The summed E-state index contributed by atoms with van der Waals surface area (Å²) in [6.07, 6.45) is 18.3. The van der Waals surface area contributed by atoms with Gasteiger partial charge >= 0.3 is 7.60 Å². The average molecular weight is 825 g/mol. The van der Waals surface area contributed by atoms with Crippen LogP contribution in [0.2, 0.25) is 0 Å². The van der Waals surface area contributed by atoms with E-state index in [0.717, 1.165) is 73.2 Å². The van der Waals surface area contributed by atoms with Crippen molar-refractivity contribution in [2.45, 2.75) is 131 Å². The fourth-order valence-corrected chi connectivity index (χ4v) is 12.2. The maximum atomic E-state index is 12.2. The zero-order valence-corrected chi connectivity index (χ0v) is 36.9. The monoisotopic (exact) mass is 824 g/mol. The van der Waals surface area contributed by atoms with E-state index in [9.17, 15) is 19.6 Å². The lowest BCUT2D eigenvalue weighted by atomic mass is 10.0. The maximum Gasteiger partial charge on any atom is 0.366 e. The smallest absolute Gasteiger partial charge is 0.341 e. The number of aromatic nitrogens is 1. The molecule has 4 aromatic heterocycles. The van der Waals surface area contributed by atoms with Gasteiger partial charge in [-0.15, -0.1) is 34.0 Å². The van der Waals surface area contributed by atoms with Crippen molar-refractivity contribution >= 4 is 69.5 Å². The van der Waals surface area contributed by atoms with Crippen molar-refractivity contribution < 1.29 is 14.4 Å². The highest BCUT2D eigenvalue weighted by atomic mass is 32.1. The summed E-state index contributed by atoms with van der Waals surface area (Å²) in [4.78, 5) is 27.1. The van der Waals surface area contributed by atoms with E-state index in [0.29, 0.717) is 0 Å². The molecule has 0 aliphatic rings. The summed E-state index contributed by atoms with van der Waals surface area (Å²) in [5.74, 6) is 0. The van der Waals surface area contributed by atoms with Crippen molar-refractivity contribution in [2.24, 2.45) is 0 Å². The van der Waals surface area contributed by atoms with E-state index < -0.39 is 12.9 Å². The first-order valence-corrected chi connectivity index (χ1v) is 24.8. The molecule has 0 amide bonds. The molecule has 0 unspecified atom stereocenters. The van der Waals surface area contributed by atoms with Crippen LogP contribution in [0.25, 0.3) is 57.8 Å². The molecule has 0 atom stereocenters. The average Bonchev–Trinajstić information content (AvgIpc) is 3.98. The third-order valence-electron chi connectivity index (χ3n) is 10.9. The molecule has 9 heteroatoms. The minimum atomic E-state index is -4.69. The van der Waals surface area contributed by atoms with E-state index in [2.05, 4.69) is 92.9 Å². The fraction of sp³-hybridized carbons (Fsp3) is 0.426. The minimum Gasteiger partial charge on any atom is -0.341 e. The molecule has 4 heterocycles. The normalized spacial score (nSPS) is 12.3. The number of rotatable bonds is 21. The molecule has 5 nitrogen and oxygen atoms in total. The molecule has 2 aromatic carbocycles. The highest BCUT2D eigenvalue weighted by Crippen LogP contribution is 2.50. The Kier molecular flexibility index (Phi) is 15.1. The molecule has 0 saturated carbocycles. The van der Waals surface area contributed by atoms with Crippen LogP contribution in [-0.4, -0.2) is 14.4 Å². The van der Waals surface area contributed by atoms with E-state index in [1.165, 1.54) is 109 Å². The van der Waals surface area contributed by atoms with Crippen LogP contribution in [0.15, 0.2) is 66.0 Å². The molecule has 0 fully saturated rings. The molecule has 0 saturated heterocycles. The Morgan fingerprint density at radius 3 is 1.79 bits per heavy atom. The molecular formula is C47H57N2O3PS3. The lowest BCUT2D eigenvalue weighted by Gasteiger charge is -2.03. The maximum absolute atomic E-state index is 12.2. The van der Waals surface area contributed by atoms with Crippen molar-refractivity contribution in [2.75, 3.05) is 0 Å². The lowest BCUT2D eigenvalue weighted by molar-refractivity contribution is 0.384. The number of nitrogens with zero attached hydrogens (tertiary/aromatic N) is 2. The Morgan fingerprint density at radius 1 is 0.661 bits per heavy atom. The van der Waals surface area contributed by atoms with E-state index in [-0.39, 0.29) is 0 Å². The molecule has 56 heavy (non-hydrogen) atoms. The zero-order valence-electron chi connectivity index (χ0n) is 33.5. The summed E-state index contributed by atoms with van der Waals surface area (Å²) in [6, 6.07) is 24.7. The minimum absolute atomic E-state index is 0.469. The number of hydrogen-bond acceptors (Lipinski definition) is 5. The summed E-state index contributed by atoms with van der Waals surface area (Å²) in [7, 11) is -4.69. The van der Waals surface area contributed by atoms with Crippen molar-refractivity contribution in [1.29, 1.82) is 5.26 Å². The fourth-order valence-electron chi connectivity index (χ4n) is 7.85. The predicted octanol–water partition coefficient (Wildman–Crippen LogP) is 15.4. The van der Waals surface area contributed by atoms with Crippen molar-refractivity contribution in [1.82, 2.24) is 4.57 Å². The molecular weight excluding hydrogens is 768 g/mol. The van der Waals surface area contributed by atoms with Gasteiger partial charge in [0, 0.05) is 57.6 Å². The molecule has 0 radical (unpaired) electrons. The molecule has 6 rings (SSSR count). The van der Waals surface area contributed by atoms with Crippen LogP contribution in [0, 0.1) is 11.3 Å². The molecule has 296 valence electrons. The van der Waals surface area contributed by atoms with Gasteiger partial charge < -0.3 is 14.4 Å². The van der Waals surface area contributed by atoms with Gasteiger partial charge in [-0.2, -0.15) is 5.26 Å². The third-order valence-corrected chi connectivity index (χ3v) is 15.6. The van der Waals surface area contributed by atoms with E-state index in [1.807, 2.05) is 22.7 Å². The second kappa shape index (κ2) is 19.9. The highest BCUT2D eigenvalue weighted by molar-refractivity contribution is 7.57. The van der Waals surface area contributed by atoms with Gasteiger partial charge in [0.1, 0.15) is 11.4 Å².